The van der Waals surface area contributed by atoms with E-state index in [1.807, 2.05) is 78.9 Å². The summed E-state index contributed by atoms with van der Waals surface area (Å²) < 4.78 is 0. The highest BCUT2D eigenvalue weighted by Crippen LogP contribution is 2.28. The average Bonchev–Trinajstić information content (AvgIpc) is 2.71. The van der Waals surface area contributed by atoms with E-state index in [4.69, 9.17) is 0 Å². The molecule has 0 aromatic heterocycles. The monoisotopic (exact) mass is 334 g/mol. The highest BCUT2D eigenvalue weighted by atomic mass is 16.1. The van der Waals surface area contributed by atoms with E-state index >= 15 is 0 Å². The van der Waals surface area contributed by atoms with Gasteiger partial charge < -0.3 is 0 Å². The van der Waals surface area contributed by atoms with Crippen molar-refractivity contribution in [1.82, 2.24) is 0 Å². The number of ketones is 1. The Bertz CT molecular complexity index is 981. The van der Waals surface area contributed by atoms with Gasteiger partial charge in [0.25, 0.3) is 0 Å². The summed E-state index contributed by atoms with van der Waals surface area (Å²) in [5.41, 5.74) is 6.14. The molecule has 124 valence electrons. The zero-order valence-corrected chi connectivity index (χ0v) is 14.3. The van der Waals surface area contributed by atoms with Crippen LogP contribution in [-0.2, 0) is 4.79 Å². The summed E-state index contributed by atoms with van der Waals surface area (Å²) in [5, 5.41) is 0. The minimum Gasteiger partial charge on any atom is -0.289 e. The number of fused-ring (bicyclic) bond motifs is 1. The fourth-order valence-corrected chi connectivity index (χ4v) is 3.21. The third-order valence-corrected chi connectivity index (χ3v) is 4.52. The maximum Gasteiger partial charge on any atom is 0.186 e. The van der Waals surface area contributed by atoms with Crippen molar-refractivity contribution in [1.29, 1.82) is 0 Å². The Labute approximate surface area is 153 Å². The third-order valence-electron chi connectivity index (χ3n) is 4.52. The van der Waals surface area contributed by atoms with Gasteiger partial charge in [-0.1, -0.05) is 97.1 Å². The van der Waals surface area contributed by atoms with Crippen molar-refractivity contribution in [2.45, 2.75) is 0 Å². The molecule has 0 fully saturated rings. The van der Waals surface area contributed by atoms with E-state index in [0.717, 1.165) is 33.4 Å². The minimum absolute atomic E-state index is 0.0421. The maximum absolute atomic E-state index is 12.5. The molecule has 0 N–H and O–H groups in total. The Morgan fingerprint density at radius 1 is 0.654 bits per heavy atom. The Balaban J connectivity index is 1.85. The molecule has 0 radical (unpaired) electrons. The fourth-order valence-electron chi connectivity index (χ4n) is 3.21. The van der Waals surface area contributed by atoms with E-state index in [1.54, 1.807) is 6.08 Å². The first kappa shape index (κ1) is 16.0. The van der Waals surface area contributed by atoms with Crippen LogP contribution in [0, 0.1) is 0 Å². The summed E-state index contributed by atoms with van der Waals surface area (Å²) in [6, 6.07) is 28.5. The second-order valence-electron chi connectivity index (χ2n) is 6.18. The standard InChI is InChI=1S/C25H18O/c26-25-18-15-21-13-7-8-14-23(21)24(25)17-16-22(19-9-3-1-4-10-19)20-11-5-2-6-12-20/h1-18H/b24-17-. The molecule has 26 heavy (non-hydrogen) atoms. The number of allylic oxidation sites excluding steroid dienone is 4. The summed E-state index contributed by atoms with van der Waals surface area (Å²) >= 11 is 0. The molecule has 0 atom stereocenters. The van der Waals surface area contributed by atoms with Crippen LogP contribution in [0.2, 0.25) is 0 Å². The number of hydrogen-bond acceptors (Lipinski definition) is 1. The van der Waals surface area contributed by atoms with Crippen LogP contribution >= 0.6 is 0 Å². The van der Waals surface area contributed by atoms with Crippen molar-refractivity contribution in [3.8, 4) is 0 Å². The molecule has 0 spiro atoms. The quantitative estimate of drug-likeness (QED) is 0.553. The molecule has 3 aromatic carbocycles. The van der Waals surface area contributed by atoms with Gasteiger partial charge in [-0.3, -0.25) is 4.79 Å². The van der Waals surface area contributed by atoms with E-state index in [1.165, 1.54) is 0 Å². The number of rotatable bonds is 3. The van der Waals surface area contributed by atoms with Crippen LogP contribution in [-0.4, -0.2) is 5.78 Å². The van der Waals surface area contributed by atoms with Crippen LogP contribution in [0.5, 0.6) is 0 Å². The lowest BCUT2D eigenvalue weighted by molar-refractivity contribution is -0.109. The lowest BCUT2D eigenvalue weighted by Crippen LogP contribution is -2.04. The molecule has 0 bridgehead atoms. The first-order valence-electron chi connectivity index (χ1n) is 8.67. The first-order valence-corrected chi connectivity index (χ1v) is 8.67. The SMILES string of the molecule is O=C1C=Cc2ccccc2/C1=C/C=C(c1ccccc1)c1ccccc1. The third kappa shape index (κ3) is 3.20. The topological polar surface area (TPSA) is 17.1 Å². The molecule has 4 rings (SSSR count). The van der Waals surface area contributed by atoms with Gasteiger partial charge in [0.2, 0.25) is 0 Å². The molecule has 3 aromatic rings. The highest BCUT2D eigenvalue weighted by Gasteiger charge is 2.16. The molecular weight excluding hydrogens is 316 g/mol. The van der Waals surface area contributed by atoms with Crippen LogP contribution < -0.4 is 0 Å². The summed E-state index contributed by atoms with van der Waals surface area (Å²) in [4.78, 5) is 12.5. The van der Waals surface area contributed by atoms with Crippen molar-refractivity contribution in [2.24, 2.45) is 0 Å². The molecule has 0 saturated heterocycles. The lowest BCUT2D eigenvalue weighted by atomic mass is 9.90. The smallest absolute Gasteiger partial charge is 0.186 e. The maximum atomic E-state index is 12.5. The average molecular weight is 334 g/mol. The van der Waals surface area contributed by atoms with Crippen LogP contribution in [0.1, 0.15) is 22.3 Å². The van der Waals surface area contributed by atoms with E-state index < -0.39 is 0 Å². The Hall–Kier alpha value is -3.45. The summed E-state index contributed by atoms with van der Waals surface area (Å²) in [5.74, 6) is 0.0421. The Morgan fingerprint density at radius 2 is 1.23 bits per heavy atom. The highest BCUT2D eigenvalue weighted by molar-refractivity contribution is 6.30. The van der Waals surface area contributed by atoms with Crippen molar-refractivity contribution >= 4 is 23.0 Å². The van der Waals surface area contributed by atoms with Gasteiger partial charge in [0.1, 0.15) is 0 Å². The van der Waals surface area contributed by atoms with Gasteiger partial charge in [-0.15, -0.1) is 0 Å². The minimum atomic E-state index is 0.0421. The normalized spacial score (nSPS) is 14.2. The second kappa shape index (κ2) is 7.20. The molecule has 0 amide bonds. The van der Waals surface area contributed by atoms with E-state index in [-0.39, 0.29) is 5.78 Å². The predicted octanol–water partition coefficient (Wildman–Crippen LogP) is 5.80. The van der Waals surface area contributed by atoms with Gasteiger partial charge >= 0.3 is 0 Å². The van der Waals surface area contributed by atoms with E-state index in [0.29, 0.717) is 0 Å². The Morgan fingerprint density at radius 3 is 1.88 bits per heavy atom. The number of carbonyl (C=O) groups excluding carboxylic acids is 1. The molecule has 0 saturated carbocycles. The summed E-state index contributed by atoms with van der Waals surface area (Å²) in [6.45, 7) is 0. The molecular formula is C25H18O. The molecule has 1 aliphatic carbocycles. The van der Waals surface area contributed by atoms with Crippen LogP contribution in [0.3, 0.4) is 0 Å². The molecule has 0 heterocycles. The van der Waals surface area contributed by atoms with E-state index in [2.05, 4.69) is 24.3 Å². The first-order chi connectivity index (χ1) is 12.8. The second-order valence-corrected chi connectivity index (χ2v) is 6.18. The zero-order valence-electron chi connectivity index (χ0n) is 14.3. The van der Waals surface area contributed by atoms with Crippen LogP contribution in [0.25, 0.3) is 17.2 Å². The van der Waals surface area contributed by atoms with Gasteiger partial charge in [0, 0.05) is 5.57 Å². The Kier molecular flexibility index (Phi) is 4.44. The molecule has 1 aliphatic rings. The number of hydrogen-bond donors (Lipinski definition) is 0. The van der Waals surface area contributed by atoms with Crippen LogP contribution in [0.4, 0.5) is 0 Å². The zero-order chi connectivity index (χ0) is 17.8. The van der Waals surface area contributed by atoms with Gasteiger partial charge in [0.15, 0.2) is 5.78 Å². The van der Waals surface area contributed by atoms with Gasteiger partial charge in [-0.05, 0) is 40.0 Å². The molecule has 0 aliphatic heterocycles. The van der Waals surface area contributed by atoms with Crippen molar-refractivity contribution in [3.63, 3.8) is 0 Å². The lowest BCUT2D eigenvalue weighted by Gasteiger charge is -2.13. The van der Waals surface area contributed by atoms with Gasteiger partial charge in [-0.25, -0.2) is 0 Å². The molecule has 1 heteroatoms. The predicted molar refractivity (Wildman–Crippen MR) is 108 cm³/mol. The van der Waals surface area contributed by atoms with E-state index in [9.17, 15) is 4.79 Å². The number of carbonyl (C=O) groups is 1. The van der Waals surface area contributed by atoms with Gasteiger partial charge in [0.05, 0.1) is 0 Å². The van der Waals surface area contributed by atoms with Crippen molar-refractivity contribution in [3.05, 3.63) is 125 Å². The summed E-state index contributed by atoms with van der Waals surface area (Å²) in [6.07, 6.45) is 7.52. The molecule has 1 nitrogen and oxygen atoms in total. The summed E-state index contributed by atoms with van der Waals surface area (Å²) in [7, 11) is 0. The van der Waals surface area contributed by atoms with Crippen molar-refractivity contribution < 1.29 is 4.79 Å². The van der Waals surface area contributed by atoms with Crippen LogP contribution in [0.15, 0.2) is 103 Å². The number of benzene rings is 3. The van der Waals surface area contributed by atoms with Crippen molar-refractivity contribution in [2.75, 3.05) is 0 Å². The fraction of sp³-hybridized carbons (Fsp3) is 0. The largest absolute Gasteiger partial charge is 0.289 e. The molecule has 0 unspecified atom stereocenters. The van der Waals surface area contributed by atoms with Gasteiger partial charge in [-0.2, -0.15) is 0 Å².